The van der Waals surface area contributed by atoms with Crippen LogP contribution in [0, 0.1) is 6.92 Å². The Balaban J connectivity index is 1.52. The Morgan fingerprint density at radius 2 is 1.63 bits per heavy atom. The van der Waals surface area contributed by atoms with Gasteiger partial charge in [0, 0.05) is 36.0 Å². The van der Waals surface area contributed by atoms with Crippen LogP contribution in [0.1, 0.15) is 27.2 Å². The third kappa shape index (κ3) is 3.78. The molecule has 0 spiro atoms. The van der Waals surface area contributed by atoms with E-state index in [9.17, 15) is 9.59 Å². The highest BCUT2D eigenvalue weighted by molar-refractivity contribution is 7.98. The highest BCUT2D eigenvalue weighted by Crippen LogP contribution is 2.23. The Kier molecular flexibility index (Phi) is 5.49. The van der Waals surface area contributed by atoms with Crippen LogP contribution < -0.4 is 5.56 Å². The van der Waals surface area contributed by atoms with Crippen LogP contribution >= 0.6 is 23.4 Å². The fourth-order valence-electron chi connectivity index (χ4n) is 3.14. The van der Waals surface area contributed by atoms with Crippen molar-refractivity contribution in [2.75, 3.05) is 0 Å². The maximum atomic E-state index is 12.7. The molecule has 0 fully saturated rings. The molecule has 0 amide bonds. The topological polar surface area (TPSA) is 69.8 Å². The van der Waals surface area contributed by atoms with Gasteiger partial charge in [0.25, 0.3) is 5.56 Å². The van der Waals surface area contributed by atoms with Crippen LogP contribution in [0.2, 0.25) is 5.02 Å². The summed E-state index contributed by atoms with van der Waals surface area (Å²) in [6.45, 7) is 1.86. The van der Waals surface area contributed by atoms with Gasteiger partial charge in [0.2, 0.25) is 0 Å². The maximum absolute atomic E-state index is 12.7. The highest BCUT2D eigenvalue weighted by atomic mass is 35.5. The summed E-state index contributed by atoms with van der Waals surface area (Å²) in [6.07, 6.45) is 0. The Bertz CT molecular complexity index is 1310. The molecule has 0 aliphatic carbocycles. The van der Waals surface area contributed by atoms with Crippen LogP contribution in [0.25, 0.3) is 11.0 Å². The lowest BCUT2D eigenvalue weighted by Gasteiger charge is -2.07. The number of aryl methyl sites for hydroxylation is 2. The minimum absolute atomic E-state index is 0.0501. The van der Waals surface area contributed by atoms with E-state index in [2.05, 4.69) is 10.1 Å². The van der Waals surface area contributed by atoms with E-state index in [0.717, 1.165) is 11.3 Å². The molecule has 4 aromatic rings. The second-order valence-corrected chi connectivity index (χ2v) is 8.37. The van der Waals surface area contributed by atoms with Crippen LogP contribution in [0.4, 0.5) is 0 Å². The van der Waals surface area contributed by atoms with Crippen molar-refractivity contribution in [2.24, 2.45) is 14.1 Å². The standard InChI is InChI=1S/C22H19ClN4O2S/c1-13-18-20(25-27(13)3)24-22(26(2)21(18)29)30-12-14-4-6-15(7-5-14)19(28)16-8-10-17(23)11-9-16/h4-11H,12H2,1-3H3. The van der Waals surface area contributed by atoms with E-state index in [-0.39, 0.29) is 11.3 Å². The number of nitrogens with zero attached hydrogens (tertiary/aromatic N) is 4. The highest BCUT2D eigenvalue weighted by Gasteiger charge is 2.15. The average molecular weight is 439 g/mol. The summed E-state index contributed by atoms with van der Waals surface area (Å²) in [6, 6.07) is 14.3. The van der Waals surface area contributed by atoms with Crippen molar-refractivity contribution in [1.29, 1.82) is 0 Å². The maximum Gasteiger partial charge on any atom is 0.265 e. The third-order valence-electron chi connectivity index (χ3n) is 5.01. The number of benzene rings is 2. The van der Waals surface area contributed by atoms with Gasteiger partial charge in [-0.1, -0.05) is 47.6 Å². The van der Waals surface area contributed by atoms with Crippen molar-refractivity contribution < 1.29 is 4.79 Å². The summed E-state index contributed by atoms with van der Waals surface area (Å²) < 4.78 is 3.23. The first-order valence-electron chi connectivity index (χ1n) is 9.27. The first-order chi connectivity index (χ1) is 14.3. The summed E-state index contributed by atoms with van der Waals surface area (Å²) >= 11 is 7.34. The molecule has 4 rings (SSSR count). The van der Waals surface area contributed by atoms with Crippen molar-refractivity contribution in [2.45, 2.75) is 17.8 Å². The number of fused-ring (bicyclic) bond motifs is 1. The van der Waals surface area contributed by atoms with Crippen molar-refractivity contribution in [3.63, 3.8) is 0 Å². The summed E-state index contributed by atoms with van der Waals surface area (Å²) in [5.41, 5.74) is 3.40. The van der Waals surface area contributed by atoms with Crippen molar-refractivity contribution in [3.05, 3.63) is 86.3 Å². The molecule has 0 radical (unpaired) electrons. The van der Waals surface area contributed by atoms with E-state index in [4.69, 9.17) is 11.6 Å². The van der Waals surface area contributed by atoms with Gasteiger partial charge in [-0.3, -0.25) is 18.8 Å². The molecule has 0 saturated carbocycles. The fourth-order valence-corrected chi connectivity index (χ4v) is 4.18. The average Bonchev–Trinajstić information content (AvgIpc) is 3.03. The van der Waals surface area contributed by atoms with Crippen molar-refractivity contribution in [1.82, 2.24) is 19.3 Å². The zero-order valence-electron chi connectivity index (χ0n) is 16.7. The van der Waals surface area contributed by atoms with Gasteiger partial charge in [-0.25, -0.2) is 4.98 Å². The normalized spacial score (nSPS) is 11.2. The van der Waals surface area contributed by atoms with Gasteiger partial charge in [0.05, 0.1) is 5.69 Å². The Morgan fingerprint density at radius 3 is 2.27 bits per heavy atom. The van der Waals surface area contributed by atoms with Crippen LogP contribution in [0.15, 0.2) is 58.5 Å². The van der Waals surface area contributed by atoms with E-state index in [1.165, 1.54) is 11.8 Å². The van der Waals surface area contributed by atoms with E-state index in [1.54, 1.807) is 47.6 Å². The molecule has 0 bridgehead atoms. The number of thioether (sulfide) groups is 1. The largest absolute Gasteiger partial charge is 0.290 e. The second-order valence-electron chi connectivity index (χ2n) is 6.99. The number of hydrogen-bond donors (Lipinski definition) is 0. The van der Waals surface area contributed by atoms with Gasteiger partial charge < -0.3 is 0 Å². The first-order valence-corrected chi connectivity index (χ1v) is 10.6. The van der Waals surface area contributed by atoms with Gasteiger partial charge in [-0.05, 0) is 36.8 Å². The summed E-state index contributed by atoms with van der Waals surface area (Å²) in [7, 11) is 3.52. The Labute approximate surface area is 182 Å². The molecule has 8 heteroatoms. The van der Waals surface area contributed by atoms with Gasteiger partial charge in [-0.15, -0.1) is 0 Å². The smallest absolute Gasteiger partial charge is 0.265 e. The number of halogens is 1. The minimum Gasteiger partial charge on any atom is -0.290 e. The molecule has 2 aromatic heterocycles. The molecule has 2 heterocycles. The molecule has 0 saturated heterocycles. The molecule has 152 valence electrons. The fraction of sp³-hybridized carbons (Fsp3) is 0.182. The second kappa shape index (κ2) is 8.08. The number of ketones is 1. The number of carbonyl (C=O) groups is 1. The predicted octanol–water partition coefficient (Wildman–Crippen LogP) is 4.15. The zero-order valence-corrected chi connectivity index (χ0v) is 18.3. The van der Waals surface area contributed by atoms with Crippen molar-refractivity contribution in [3.8, 4) is 0 Å². The minimum atomic E-state index is -0.1000. The first kappa shape index (κ1) is 20.4. The molecule has 6 nitrogen and oxygen atoms in total. The van der Waals surface area contributed by atoms with Gasteiger partial charge >= 0.3 is 0 Å². The summed E-state index contributed by atoms with van der Waals surface area (Å²) in [4.78, 5) is 29.8. The molecule has 0 aliphatic heterocycles. The Hall–Kier alpha value is -2.90. The lowest BCUT2D eigenvalue weighted by molar-refractivity contribution is 0.103. The van der Waals surface area contributed by atoms with E-state index >= 15 is 0 Å². The molecule has 0 atom stereocenters. The zero-order chi connectivity index (χ0) is 21.4. The summed E-state index contributed by atoms with van der Waals surface area (Å²) in [5.74, 6) is 0.568. The molecular weight excluding hydrogens is 420 g/mol. The van der Waals surface area contributed by atoms with Crippen LogP contribution in [-0.2, 0) is 19.8 Å². The number of carbonyl (C=O) groups excluding carboxylic acids is 1. The van der Waals surface area contributed by atoms with Gasteiger partial charge in [0.1, 0.15) is 5.39 Å². The molecule has 0 unspecified atom stereocenters. The molecule has 0 N–H and O–H groups in total. The van der Waals surface area contributed by atoms with E-state index < -0.39 is 0 Å². The SMILES string of the molecule is Cc1c2c(=O)n(C)c(SCc3ccc(C(=O)c4ccc(Cl)cc4)cc3)nc2nn1C. The predicted molar refractivity (Wildman–Crippen MR) is 119 cm³/mol. The lowest BCUT2D eigenvalue weighted by atomic mass is 10.0. The molecule has 30 heavy (non-hydrogen) atoms. The number of hydrogen-bond acceptors (Lipinski definition) is 5. The monoisotopic (exact) mass is 438 g/mol. The van der Waals surface area contributed by atoms with E-state index in [1.807, 2.05) is 31.2 Å². The quantitative estimate of drug-likeness (QED) is 0.266. The van der Waals surface area contributed by atoms with Crippen LogP contribution in [0.5, 0.6) is 0 Å². The molecule has 2 aromatic carbocycles. The lowest BCUT2D eigenvalue weighted by Crippen LogP contribution is -2.20. The van der Waals surface area contributed by atoms with E-state index in [0.29, 0.717) is 38.1 Å². The molecular formula is C22H19ClN4O2S. The Morgan fingerprint density at radius 1 is 1.03 bits per heavy atom. The van der Waals surface area contributed by atoms with Gasteiger partial charge in [-0.2, -0.15) is 5.10 Å². The van der Waals surface area contributed by atoms with Crippen molar-refractivity contribution >= 4 is 40.2 Å². The van der Waals surface area contributed by atoms with Crippen LogP contribution in [-0.4, -0.2) is 25.1 Å². The van der Waals surface area contributed by atoms with Gasteiger partial charge in [0.15, 0.2) is 16.6 Å². The van der Waals surface area contributed by atoms with Crippen LogP contribution in [0.3, 0.4) is 0 Å². The third-order valence-corrected chi connectivity index (χ3v) is 6.37. The summed E-state index contributed by atoms with van der Waals surface area (Å²) in [5, 5.41) is 6.08. The number of rotatable bonds is 5. The molecule has 0 aliphatic rings. The number of aromatic nitrogens is 4.